The molecule has 0 aliphatic carbocycles. The van der Waals surface area contributed by atoms with Crippen molar-refractivity contribution in [1.82, 2.24) is 20.0 Å². The minimum Gasteiger partial charge on any atom is -0.355 e. The van der Waals surface area contributed by atoms with E-state index in [4.69, 9.17) is 0 Å². The van der Waals surface area contributed by atoms with Crippen LogP contribution in [0.2, 0.25) is 0 Å². The van der Waals surface area contributed by atoms with E-state index >= 15 is 0 Å². The Hall–Kier alpha value is -1.07. The van der Waals surface area contributed by atoms with Crippen molar-refractivity contribution in [3.8, 4) is 0 Å². The van der Waals surface area contributed by atoms with Crippen LogP contribution in [0.25, 0.3) is 0 Å². The van der Waals surface area contributed by atoms with E-state index in [2.05, 4.69) is 59.9 Å². The van der Waals surface area contributed by atoms with Crippen LogP contribution in [-0.4, -0.2) is 54.5 Å². The Kier molecular flexibility index (Phi) is 5.05. The zero-order chi connectivity index (χ0) is 14.7. The van der Waals surface area contributed by atoms with E-state index < -0.39 is 0 Å². The summed E-state index contributed by atoms with van der Waals surface area (Å²) in [5.41, 5.74) is 2.50. The molecule has 1 N–H and O–H groups in total. The highest BCUT2D eigenvalue weighted by molar-refractivity contribution is 5.50. The fourth-order valence-electron chi connectivity index (χ4n) is 3.11. The van der Waals surface area contributed by atoms with E-state index in [1.165, 1.54) is 24.2 Å². The van der Waals surface area contributed by atoms with Crippen molar-refractivity contribution in [3.63, 3.8) is 0 Å². The molecule has 0 spiro atoms. The van der Waals surface area contributed by atoms with Gasteiger partial charge in [0.1, 0.15) is 5.82 Å². The summed E-state index contributed by atoms with van der Waals surface area (Å²) in [6.07, 6.45) is 2.55. The second kappa shape index (κ2) is 6.59. The van der Waals surface area contributed by atoms with Gasteiger partial charge in [0, 0.05) is 38.3 Å². The van der Waals surface area contributed by atoms with Gasteiger partial charge in [0.25, 0.3) is 0 Å². The van der Waals surface area contributed by atoms with Crippen molar-refractivity contribution in [2.45, 2.75) is 39.3 Å². The summed E-state index contributed by atoms with van der Waals surface area (Å²) in [4.78, 5) is 4.86. The molecule has 1 saturated heterocycles. The lowest BCUT2D eigenvalue weighted by atomic mass is 10.0. The number of likely N-dealkylation sites (N-methyl/N-ethyl adjacent to an activating group) is 1. The largest absolute Gasteiger partial charge is 0.355 e. The smallest absolute Gasteiger partial charge is 0.131 e. The van der Waals surface area contributed by atoms with Crippen molar-refractivity contribution in [3.05, 3.63) is 11.3 Å². The van der Waals surface area contributed by atoms with Gasteiger partial charge in [-0.15, -0.1) is 0 Å². The van der Waals surface area contributed by atoms with Gasteiger partial charge in [-0.3, -0.25) is 4.68 Å². The third kappa shape index (κ3) is 3.15. The highest BCUT2D eigenvalue weighted by Gasteiger charge is 2.26. The number of nitrogens with one attached hydrogen (secondary N) is 1. The topological polar surface area (TPSA) is 36.3 Å². The molecule has 1 aromatic heterocycles. The summed E-state index contributed by atoms with van der Waals surface area (Å²) in [6, 6.07) is 0.644. The van der Waals surface area contributed by atoms with E-state index in [-0.39, 0.29) is 0 Å². The molecule has 0 radical (unpaired) electrons. The van der Waals surface area contributed by atoms with Gasteiger partial charge in [-0.25, -0.2) is 0 Å². The molecule has 2 rings (SSSR count). The Morgan fingerprint density at radius 2 is 2.15 bits per heavy atom. The second-order valence-electron chi connectivity index (χ2n) is 6.00. The highest BCUT2D eigenvalue weighted by Crippen LogP contribution is 2.27. The van der Waals surface area contributed by atoms with Crippen molar-refractivity contribution in [2.24, 2.45) is 7.05 Å². The van der Waals surface area contributed by atoms with Gasteiger partial charge in [0.05, 0.1) is 5.69 Å². The second-order valence-corrected chi connectivity index (χ2v) is 6.00. The molecule has 0 amide bonds. The molecule has 0 bridgehead atoms. The molecule has 0 aromatic carbocycles. The highest BCUT2D eigenvalue weighted by atomic mass is 15.4. The number of nitrogens with zero attached hydrogens (tertiary/aromatic N) is 4. The van der Waals surface area contributed by atoms with E-state index in [0.717, 1.165) is 31.9 Å². The predicted octanol–water partition coefficient (Wildman–Crippen LogP) is 1.37. The molecule has 114 valence electrons. The molecule has 1 aliphatic rings. The molecule has 20 heavy (non-hydrogen) atoms. The van der Waals surface area contributed by atoms with E-state index in [1.54, 1.807) is 0 Å². The Morgan fingerprint density at radius 3 is 2.80 bits per heavy atom. The molecule has 5 nitrogen and oxygen atoms in total. The number of aromatic nitrogens is 2. The van der Waals surface area contributed by atoms with Crippen LogP contribution in [0, 0.1) is 6.92 Å². The van der Waals surface area contributed by atoms with E-state index in [1.807, 2.05) is 0 Å². The lowest BCUT2D eigenvalue weighted by Crippen LogP contribution is -2.46. The standard InChI is InChI=1S/C15H29N5/c1-6-16-10-14-12(2)17-19(5)15(14)20-9-7-8-13(11-20)18(3)4/h13,16H,6-11H2,1-5H3. The first-order chi connectivity index (χ1) is 9.54. The first-order valence-corrected chi connectivity index (χ1v) is 7.69. The van der Waals surface area contributed by atoms with Crippen LogP contribution in [0.1, 0.15) is 31.0 Å². The van der Waals surface area contributed by atoms with Crippen molar-refractivity contribution < 1.29 is 0 Å². The maximum absolute atomic E-state index is 4.63. The van der Waals surface area contributed by atoms with Crippen LogP contribution < -0.4 is 10.2 Å². The monoisotopic (exact) mass is 279 g/mol. The Labute approximate surface area is 122 Å². The van der Waals surface area contributed by atoms with Gasteiger partial charge < -0.3 is 15.1 Å². The minimum absolute atomic E-state index is 0.644. The Morgan fingerprint density at radius 1 is 1.40 bits per heavy atom. The fourth-order valence-corrected chi connectivity index (χ4v) is 3.11. The minimum atomic E-state index is 0.644. The average Bonchev–Trinajstić information content (AvgIpc) is 2.70. The summed E-state index contributed by atoms with van der Waals surface area (Å²) in [6.45, 7) is 8.41. The molecule has 1 fully saturated rings. The van der Waals surface area contributed by atoms with Gasteiger partial charge in [-0.05, 0) is 40.4 Å². The van der Waals surface area contributed by atoms with Crippen LogP contribution in [0.5, 0.6) is 0 Å². The van der Waals surface area contributed by atoms with Crippen molar-refractivity contribution in [2.75, 3.05) is 38.6 Å². The lowest BCUT2D eigenvalue weighted by molar-refractivity contribution is 0.256. The molecular weight excluding hydrogens is 250 g/mol. The fraction of sp³-hybridized carbons (Fsp3) is 0.800. The van der Waals surface area contributed by atoms with Crippen LogP contribution in [-0.2, 0) is 13.6 Å². The summed E-state index contributed by atoms with van der Waals surface area (Å²) in [5.74, 6) is 1.30. The molecule has 5 heteroatoms. The molecule has 1 atom stereocenters. The summed E-state index contributed by atoms with van der Waals surface area (Å²) in [5, 5.41) is 8.07. The number of anilines is 1. The maximum Gasteiger partial charge on any atom is 0.131 e. The van der Waals surface area contributed by atoms with Gasteiger partial charge >= 0.3 is 0 Å². The van der Waals surface area contributed by atoms with Crippen LogP contribution in [0.4, 0.5) is 5.82 Å². The third-order valence-corrected chi connectivity index (χ3v) is 4.29. The van der Waals surface area contributed by atoms with Crippen LogP contribution in [0.15, 0.2) is 0 Å². The molecule has 1 aliphatic heterocycles. The molecule has 0 saturated carbocycles. The number of piperidine rings is 1. The Bertz CT molecular complexity index is 438. The van der Waals surface area contributed by atoms with Gasteiger partial charge in [-0.1, -0.05) is 6.92 Å². The molecule has 1 aromatic rings. The van der Waals surface area contributed by atoms with E-state index in [9.17, 15) is 0 Å². The Balaban J connectivity index is 2.22. The van der Waals surface area contributed by atoms with Crippen molar-refractivity contribution >= 4 is 5.82 Å². The molecular formula is C15H29N5. The number of hydrogen-bond donors (Lipinski definition) is 1. The van der Waals surface area contributed by atoms with Gasteiger partial charge in [-0.2, -0.15) is 5.10 Å². The number of rotatable bonds is 5. The molecule has 1 unspecified atom stereocenters. The zero-order valence-electron chi connectivity index (χ0n) is 13.6. The van der Waals surface area contributed by atoms with E-state index in [0.29, 0.717) is 6.04 Å². The summed E-state index contributed by atoms with van der Waals surface area (Å²) >= 11 is 0. The first-order valence-electron chi connectivity index (χ1n) is 7.69. The summed E-state index contributed by atoms with van der Waals surface area (Å²) < 4.78 is 2.06. The maximum atomic E-state index is 4.63. The summed E-state index contributed by atoms with van der Waals surface area (Å²) in [7, 11) is 6.43. The first kappa shape index (κ1) is 15.3. The normalized spacial score (nSPS) is 19.9. The third-order valence-electron chi connectivity index (χ3n) is 4.29. The average molecular weight is 279 g/mol. The lowest BCUT2D eigenvalue weighted by Gasteiger charge is -2.37. The zero-order valence-corrected chi connectivity index (χ0v) is 13.6. The SMILES string of the molecule is CCNCc1c(C)nn(C)c1N1CCCC(N(C)C)C1. The van der Waals surface area contributed by atoms with Gasteiger partial charge in [0.15, 0.2) is 0 Å². The molecule has 2 heterocycles. The van der Waals surface area contributed by atoms with Crippen LogP contribution >= 0.6 is 0 Å². The number of aryl methyl sites for hydroxylation is 2. The predicted molar refractivity (Wildman–Crippen MR) is 84.2 cm³/mol. The van der Waals surface area contributed by atoms with Gasteiger partial charge in [0.2, 0.25) is 0 Å². The van der Waals surface area contributed by atoms with Crippen LogP contribution in [0.3, 0.4) is 0 Å². The van der Waals surface area contributed by atoms with Crippen molar-refractivity contribution in [1.29, 1.82) is 0 Å². The quantitative estimate of drug-likeness (QED) is 0.883. The number of hydrogen-bond acceptors (Lipinski definition) is 4.